The van der Waals surface area contributed by atoms with Gasteiger partial charge in [0.05, 0.1) is 7.11 Å². The molecule has 1 heterocycles. The fourth-order valence-electron chi connectivity index (χ4n) is 2.17. The van der Waals surface area contributed by atoms with Crippen LogP contribution in [0, 0.1) is 0 Å². The van der Waals surface area contributed by atoms with E-state index in [0.717, 1.165) is 0 Å². The summed E-state index contributed by atoms with van der Waals surface area (Å²) in [5.74, 6) is -0.477. The van der Waals surface area contributed by atoms with Crippen molar-refractivity contribution >= 4 is 28.9 Å². The number of carbonyl (C=O) groups is 3. The molecule has 0 aromatic carbocycles. The van der Waals surface area contributed by atoms with Crippen molar-refractivity contribution in [3.05, 3.63) is 0 Å². The standard InChI is InChI=1S/C14H23NO5S/c1-9(16)21-10-6-7-15(11(8-10)12(17)19-5)13(18)20-14(2,3)4/h10-11H,6-8H2,1-5H3/t10-,11+/m0/s1. The molecular formula is C14H23NO5S. The lowest BCUT2D eigenvalue weighted by atomic mass is 10.0. The van der Waals surface area contributed by atoms with Crippen molar-refractivity contribution in [3.63, 3.8) is 0 Å². The number of ether oxygens (including phenoxy) is 2. The van der Waals surface area contributed by atoms with Crippen molar-refractivity contribution in [2.45, 2.75) is 57.4 Å². The highest BCUT2D eigenvalue weighted by atomic mass is 32.2. The summed E-state index contributed by atoms with van der Waals surface area (Å²) in [4.78, 5) is 36.7. The van der Waals surface area contributed by atoms with E-state index in [4.69, 9.17) is 9.47 Å². The van der Waals surface area contributed by atoms with Crippen LogP contribution in [-0.4, -0.2) is 52.6 Å². The van der Waals surface area contributed by atoms with Crippen LogP contribution in [0.4, 0.5) is 4.79 Å². The average Bonchev–Trinajstić information content (AvgIpc) is 2.34. The molecule has 0 N–H and O–H groups in total. The van der Waals surface area contributed by atoms with Crippen molar-refractivity contribution in [1.29, 1.82) is 0 Å². The number of nitrogens with zero attached hydrogens (tertiary/aromatic N) is 1. The first-order valence-corrected chi connectivity index (χ1v) is 7.76. The molecule has 0 bridgehead atoms. The summed E-state index contributed by atoms with van der Waals surface area (Å²) in [6, 6.07) is -0.699. The Kier molecular flexibility index (Phi) is 6.07. The van der Waals surface area contributed by atoms with Gasteiger partial charge in [-0.05, 0) is 33.6 Å². The minimum Gasteiger partial charge on any atom is -0.467 e. The van der Waals surface area contributed by atoms with Gasteiger partial charge < -0.3 is 9.47 Å². The van der Waals surface area contributed by atoms with E-state index in [1.165, 1.54) is 30.7 Å². The van der Waals surface area contributed by atoms with Crippen LogP contribution in [0.25, 0.3) is 0 Å². The van der Waals surface area contributed by atoms with Gasteiger partial charge in [-0.2, -0.15) is 0 Å². The second-order valence-electron chi connectivity index (χ2n) is 5.97. The van der Waals surface area contributed by atoms with Crippen LogP contribution in [0.15, 0.2) is 0 Å². The Balaban J connectivity index is 2.81. The second-order valence-corrected chi connectivity index (χ2v) is 7.45. The summed E-state index contributed by atoms with van der Waals surface area (Å²) in [7, 11) is 1.29. The summed E-state index contributed by atoms with van der Waals surface area (Å²) in [5.41, 5.74) is -0.622. The summed E-state index contributed by atoms with van der Waals surface area (Å²) in [6.07, 6.45) is 0.525. The fraction of sp³-hybridized carbons (Fsp3) is 0.786. The number of rotatable bonds is 2. The lowest BCUT2D eigenvalue weighted by molar-refractivity contribution is -0.148. The van der Waals surface area contributed by atoms with Gasteiger partial charge in [-0.3, -0.25) is 9.69 Å². The third-order valence-electron chi connectivity index (χ3n) is 2.99. The van der Waals surface area contributed by atoms with Gasteiger partial charge in [0.2, 0.25) is 0 Å². The molecule has 21 heavy (non-hydrogen) atoms. The van der Waals surface area contributed by atoms with E-state index in [1.807, 2.05) is 0 Å². The number of thioether (sulfide) groups is 1. The topological polar surface area (TPSA) is 72.9 Å². The first-order valence-electron chi connectivity index (χ1n) is 6.88. The molecule has 0 spiro atoms. The maximum atomic E-state index is 12.2. The molecule has 0 unspecified atom stereocenters. The summed E-state index contributed by atoms with van der Waals surface area (Å²) < 4.78 is 10.1. The third-order valence-corrected chi connectivity index (χ3v) is 4.08. The molecule has 7 heteroatoms. The molecule has 0 aromatic rings. The molecule has 1 fully saturated rings. The van der Waals surface area contributed by atoms with Gasteiger partial charge in [0.1, 0.15) is 11.6 Å². The number of likely N-dealkylation sites (tertiary alicyclic amines) is 1. The fourth-order valence-corrected chi connectivity index (χ4v) is 3.14. The highest BCUT2D eigenvalue weighted by Crippen LogP contribution is 2.29. The summed E-state index contributed by atoms with van der Waals surface area (Å²) in [6.45, 7) is 7.20. The normalized spacial score (nSPS) is 22.6. The minimum absolute atomic E-state index is 0.00864. The first kappa shape index (κ1) is 17.8. The Labute approximate surface area is 129 Å². The number of carbonyl (C=O) groups excluding carboxylic acids is 3. The van der Waals surface area contributed by atoms with Gasteiger partial charge >= 0.3 is 12.1 Å². The number of hydrogen-bond donors (Lipinski definition) is 0. The molecule has 0 aliphatic carbocycles. The van der Waals surface area contributed by atoms with Crippen molar-refractivity contribution < 1.29 is 23.9 Å². The molecule has 0 saturated carbocycles. The number of amides is 1. The van der Waals surface area contributed by atoms with E-state index in [9.17, 15) is 14.4 Å². The Morgan fingerprint density at radius 3 is 2.33 bits per heavy atom. The number of esters is 1. The molecule has 6 nitrogen and oxygen atoms in total. The Hall–Kier alpha value is -1.24. The monoisotopic (exact) mass is 317 g/mol. The van der Waals surface area contributed by atoms with Gasteiger partial charge in [0, 0.05) is 18.7 Å². The zero-order valence-corrected chi connectivity index (χ0v) is 14.0. The molecule has 1 aliphatic heterocycles. The highest BCUT2D eigenvalue weighted by molar-refractivity contribution is 8.14. The van der Waals surface area contributed by atoms with Crippen LogP contribution >= 0.6 is 11.8 Å². The first-order chi connectivity index (χ1) is 9.64. The molecule has 0 aromatic heterocycles. The molecule has 1 aliphatic rings. The summed E-state index contributed by atoms with van der Waals surface area (Å²) in [5, 5.41) is 0.0274. The van der Waals surface area contributed by atoms with Gasteiger partial charge in [-0.25, -0.2) is 9.59 Å². The lowest BCUT2D eigenvalue weighted by Gasteiger charge is -2.37. The van der Waals surface area contributed by atoms with E-state index < -0.39 is 23.7 Å². The van der Waals surface area contributed by atoms with Gasteiger partial charge in [-0.15, -0.1) is 0 Å². The highest BCUT2D eigenvalue weighted by Gasteiger charge is 2.39. The van der Waals surface area contributed by atoms with Gasteiger partial charge in [-0.1, -0.05) is 11.8 Å². The molecule has 0 radical (unpaired) electrons. The zero-order chi connectivity index (χ0) is 16.2. The predicted octanol–water partition coefficient (Wildman–Crippen LogP) is 2.21. The lowest BCUT2D eigenvalue weighted by Crippen LogP contribution is -2.52. The Morgan fingerprint density at radius 1 is 1.24 bits per heavy atom. The second kappa shape index (κ2) is 7.15. The maximum absolute atomic E-state index is 12.2. The Morgan fingerprint density at radius 2 is 1.86 bits per heavy atom. The van der Waals surface area contributed by atoms with E-state index in [2.05, 4.69) is 0 Å². The maximum Gasteiger partial charge on any atom is 0.411 e. The largest absolute Gasteiger partial charge is 0.467 e. The van der Waals surface area contributed by atoms with E-state index in [0.29, 0.717) is 19.4 Å². The molecule has 1 rings (SSSR count). The van der Waals surface area contributed by atoms with Crippen LogP contribution in [0.5, 0.6) is 0 Å². The number of methoxy groups -OCH3 is 1. The van der Waals surface area contributed by atoms with Crippen LogP contribution in [0.2, 0.25) is 0 Å². The molecule has 1 saturated heterocycles. The van der Waals surface area contributed by atoms with Crippen molar-refractivity contribution in [1.82, 2.24) is 4.90 Å². The molecular weight excluding hydrogens is 294 g/mol. The Bertz CT molecular complexity index is 418. The predicted molar refractivity (Wildman–Crippen MR) is 80.0 cm³/mol. The zero-order valence-electron chi connectivity index (χ0n) is 13.2. The third kappa shape index (κ3) is 5.57. The van der Waals surface area contributed by atoms with Crippen LogP contribution < -0.4 is 0 Å². The average molecular weight is 317 g/mol. The van der Waals surface area contributed by atoms with Crippen LogP contribution in [0.3, 0.4) is 0 Å². The smallest absolute Gasteiger partial charge is 0.411 e. The summed E-state index contributed by atoms with van der Waals surface area (Å²) >= 11 is 1.21. The van der Waals surface area contributed by atoms with E-state index in [1.54, 1.807) is 20.8 Å². The van der Waals surface area contributed by atoms with Crippen molar-refractivity contribution in [2.75, 3.05) is 13.7 Å². The van der Waals surface area contributed by atoms with Gasteiger partial charge in [0.25, 0.3) is 0 Å². The number of hydrogen-bond acceptors (Lipinski definition) is 6. The van der Waals surface area contributed by atoms with Crippen LogP contribution in [-0.2, 0) is 19.1 Å². The van der Waals surface area contributed by atoms with Crippen molar-refractivity contribution in [3.8, 4) is 0 Å². The quantitative estimate of drug-likeness (QED) is 0.727. The SMILES string of the molecule is COC(=O)[C@H]1C[C@@H](SC(C)=O)CCN1C(=O)OC(C)(C)C. The molecule has 120 valence electrons. The number of piperidine rings is 1. The van der Waals surface area contributed by atoms with E-state index in [-0.39, 0.29) is 10.4 Å². The van der Waals surface area contributed by atoms with E-state index >= 15 is 0 Å². The van der Waals surface area contributed by atoms with Crippen molar-refractivity contribution in [2.24, 2.45) is 0 Å². The molecule has 1 amide bonds. The minimum atomic E-state index is -0.699. The van der Waals surface area contributed by atoms with Gasteiger partial charge in [0.15, 0.2) is 5.12 Å². The van der Waals surface area contributed by atoms with Crippen LogP contribution in [0.1, 0.15) is 40.5 Å². The molecule has 2 atom stereocenters.